The number of aliphatic hydroxyl groups is 2. The highest BCUT2D eigenvalue weighted by Gasteiger charge is 2.17. The molecule has 0 aliphatic rings. The van der Waals surface area contributed by atoms with E-state index < -0.39 is 12.1 Å². The van der Waals surface area contributed by atoms with Crippen molar-refractivity contribution in [3.05, 3.63) is 97.2 Å². The van der Waals surface area contributed by atoms with Crippen LogP contribution in [0.3, 0.4) is 0 Å². The maximum atomic E-state index is 12.5. The summed E-state index contributed by atoms with van der Waals surface area (Å²) < 4.78 is 0. The quantitative estimate of drug-likeness (QED) is 0.0421. The molecule has 64 heavy (non-hydrogen) atoms. The lowest BCUT2D eigenvalue weighted by Crippen LogP contribution is -2.45. The fraction of sp³-hybridized carbons (Fsp3) is 0.717. The molecule has 1 amide bonds. The third kappa shape index (κ3) is 50.3. The molecule has 0 aromatic heterocycles. The molecule has 4 heteroatoms. The maximum absolute atomic E-state index is 12.5. The van der Waals surface area contributed by atoms with Gasteiger partial charge in [0.1, 0.15) is 0 Å². The molecular formula is C60H105NO3. The van der Waals surface area contributed by atoms with E-state index in [1.54, 1.807) is 6.08 Å². The van der Waals surface area contributed by atoms with Crippen molar-refractivity contribution in [1.29, 1.82) is 0 Å². The van der Waals surface area contributed by atoms with Gasteiger partial charge in [-0.3, -0.25) is 4.79 Å². The van der Waals surface area contributed by atoms with Crippen molar-refractivity contribution < 1.29 is 15.0 Å². The molecule has 0 aromatic carbocycles. The molecule has 3 N–H and O–H groups in total. The van der Waals surface area contributed by atoms with Gasteiger partial charge in [0.15, 0.2) is 0 Å². The number of amides is 1. The van der Waals surface area contributed by atoms with Gasteiger partial charge in [-0.2, -0.15) is 0 Å². The van der Waals surface area contributed by atoms with E-state index in [1.165, 1.54) is 167 Å². The molecule has 2 unspecified atom stereocenters. The lowest BCUT2D eigenvalue weighted by molar-refractivity contribution is -0.123. The molecule has 0 spiro atoms. The van der Waals surface area contributed by atoms with Crippen LogP contribution in [0.1, 0.15) is 258 Å². The average molecular weight is 889 g/mol. The van der Waals surface area contributed by atoms with E-state index >= 15 is 0 Å². The third-order valence-corrected chi connectivity index (χ3v) is 12.1. The Morgan fingerprint density at radius 3 is 1.09 bits per heavy atom. The molecule has 0 saturated heterocycles. The Bertz CT molecular complexity index is 1190. The van der Waals surface area contributed by atoms with Gasteiger partial charge in [0.05, 0.1) is 18.8 Å². The first-order chi connectivity index (χ1) is 31.7. The van der Waals surface area contributed by atoms with Crippen LogP contribution in [0.2, 0.25) is 0 Å². The summed E-state index contributed by atoms with van der Waals surface area (Å²) in [6, 6.07) is -0.643. The SMILES string of the molecule is CC/C=C\C/C=C\C/C=C\C/C=C\C/C=C\C/C=C\CCCCCCCCCCCCCCCCCCC(=O)NC(CO)C(O)/C=C/CC/C=C/CCCCCCCCCCCCC. The normalized spacial score (nSPS) is 13.6. The summed E-state index contributed by atoms with van der Waals surface area (Å²) in [6.45, 7) is 4.19. The highest BCUT2D eigenvalue weighted by molar-refractivity contribution is 5.76. The van der Waals surface area contributed by atoms with Gasteiger partial charge in [0.2, 0.25) is 5.91 Å². The largest absolute Gasteiger partial charge is 0.394 e. The molecule has 0 bridgehead atoms. The summed E-state index contributed by atoms with van der Waals surface area (Å²) in [5, 5.41) is 23.1. The second-order valence-electron chi connectivity index (χ2n) is 18.3. The zero-order chi connectivity index (χ0) is 46.3. The molecule has 0 saturated carbocycles. The second kappa shape index (κ2) is 54.6. The van der Waals surface area contributed by atoms with Crippen molar-refractivity contribution in [3.8, 4) is 0 Å². The molecule has 0 fully saturated rings. The zero-order valence-corrected chi connectivity index (χ0v) is 42.3. The smallest absolute Gasteiger partial charge is 0.220 e. The molecule has 0 heterocycles. The standard InChI is InChI=1S/C60H105NO3/c1-3-5-7-9-11-13-15-17-19-21-22-23-24-25-26-27-28-29-30-31-32-33-34-35-36-37-38-40-42-44-46-48-50-52-54-56-60(64)61-58(57-62)59(63)55-53-51-49-47-45-43-41-39-20-18-16-14-12-10-8-6-4-2/h5,7,11,13,17,19,22-23,25-26,28-29,45,47,53,55,58-59,62-63H,3-4,6,8-10,12,14-16,18,20-21,24,27,30-44,46,48-52,54,56-57H2,1-2H3,(H,61,64)/b7-5-,13-11-,19-17-,23-22-,26-25-,29-28-,47-45+,55-53+. The monoisotopic (exact) mass is 888 g/mol. The second-order valence-corrected chi connectivity index (χ2v) is 18.3. The van der Waals surface area contributed by atoms with E-state index in [2.05, 4.69) is 104 Å². The van der Waals surface area contributed by atoms with Gasteiger partial charge in [-0.1, -0.05) is 265 Å². The van der Waals surface area contributed by atoms with Gasteiger partial charge in [0.25, 0.3) is 0 Å². The third-order valence-electron chi connectivity index (χ3n) is 12.1. The minimum Gasteiger partial charge on any atom is -0.394 e. The number of rotatable bonds is 49. The van der Waals surface area contributed by atoms with E-state index in [9.17, 15) is 15.0 Å². The minimum atomic E-state index is -0.866. The summed E-state index contributed by atoms with van der Waals surface area (Å²) in [7, 11) is 0. The Kier molecular flexibility index (Phi) is 52.3. The summed E-state index contributed by atoms with van der Waals surface area (Å²) in [5.74, 6) is -0.0753. The van der Waals surface area contributed by atoms with E-state index in [0.717, 1.165) is 70.6 Å². The zero-order valence-electron chi connectivity index (χ0n) is 42.3. The van der Waals surface area contributed by atoms with Crippen LogP contribution in [-0.4, -0.2) is 34.9 Å². The fourth-order valence-electron chi connectivity index (χ4n) is 7.90. The Hall–Kier alpha value is -2.69. The van der Waals surface area contributed by atoms with Crippen LogP contribution < -0.4 is 5.32 Å². The topological polar surface area (TPSA) is 69.6 Å². The summed E-state index contributed by atoms with van der Waals surface area (Å²) in [5.41, 5.74) is 0. The lowest BCUT2D eigenvalue weighted by Gasteiger charge is -2.19. The average Bonchev–Trinajstić information content (AvgIpc) is 3.30. The van der Waals surface area contributed by atoms with Gasteiger partial charge < -0.3 is 15.5 Å². The van der Waals surface area contributed by atoms with E-state index in [4.69, 9.17) is 0 Å². The van der Waals surface area contributed by atoms with Crippen molar-refractivity contribution in [3.63, 3.8) is 0 Å². The highest BCUT2D eigenvalue weighted by Crippen LogP contribution is 2.16. The van der Waals surface area contributed by atoms with E-state index in [1.807, 2.05) is 6.08 Å². The molecular weight excluding hydrogens is 783 g/mol. The highest BCUT2D eigenvalue weighted by atomic mass is 16.3. The number of carbonyl (C=O) groups excluding carboxylic acids is 1. The van der Waals surface area contributed by atoms with Gasteiger partial charge in [-0.05, 0) is 83.5 Å². The first kappa shape index (κ1) is 61.3. The van der Waals surface area contributed by atoms with Crippen LogP contribution in [0.25, 0.3) is 0 Å². The van der Waals surface area contributed by atoms with Gasteiger partial charge >= 0.3 is 0 Å². The number of carbonyl (C=O) groups is 1. The van der Waals surface area contributed by atoms with Crippen molar-refractivity contribution in [1.82, 2.24) is 5.32 Å². The van der Waals surface area contributed by atoms with Crippen molar-refractivity contribution in [2.75, 3.05) is 6.61 Å². The first-order valence-corrected chi connectivity index (χ1v) is 27.5. The van der Waals surface area contributed by atoms with E-state index in [-0.39, 0.29) is 12.5 Å². The number of aliphatic hydroxyl groups excluding tert-OH is 2. The van der Waals surface area contributed by atoms with Crippen LogP contribution in [0.15, 0.2) is 97.2 Å². The lowest BCUT2D eigenvalue weighted by atomic mass is 10.0. The Morgan fingerprint density at radius 1 is 0.391 bits per heavy atom. The molecule has 4 nitrogen and oxygen atoms in total. The molecule has 0 aliphatic heterocycles. The molecule has 368 valence electrons. The van der Waals surface area contributed by atoms with Crippen LogP contribution in [0.5, 0.6) is 0 Å². The maximum Gasteiger partial charge on any atom is 0.220 e. The van der Waals surface area contributed by atoms with Crippen LogP contribution in [-0.2, 0) is 4.79 Å². The number of hydrogen-bond donors (Lipinski definition) is 3. The predicted molar refractivity (Wildman–Crippen MR) is 285 cm³/mol. The minimum absolute atomic E-state index is 0.0753. The number of allylic oxidation sites excluding steroid dienone is 15. The fourth-order valence-corrected chi connectivity index (χ4v) is 7.90. The van der Waals surface area contributed by atoms with Crippen molar-refractivity contribution in [2.24, 2.45) is 0 Å². The molecule has 2 atom stereocenters. The summed E-state index contributed by atoms with van der Waals surface area (Å²) in [4.78, 5) is 12.5. The Morgan fingerprint density at radius 2 is 0.703 bits per heavy atom. The Balaban J connectivity index is 3.54. The molecule has 0 rings (SSSR count). The van der Waals surface area contributed by atoms with Gasteiger partial charge in [-0.25, -0.2) is 0 Å². The Labute approximate surface area is 398 Å². The summed E-state index contributed by atoms with van der Waals surface area (Å²) >= 11 is 0. The summed E-state index contributed by atoms with van der Waals surface area (Å²) in [6.07, 6.45) is 81.3. The van der Waals surface area contributed by atoms with Gasteiger partial charge in [0, 0.05) is 6.42 Å². The van der Waals surface area contributed by atoms with Crippen LogP contribution >= 0.6 is 0 Å². The number of hydrogen-bond acceptors (Lipinski definition) is 3. The number of unbranched alkanes of at least 4 members (excludes halogenated alkanes) is 28. The molecule has 0 aromatic rings. The number of nitrogens with one attached hydrogen (secondary N) is 1. The van der Waals surface area contributed by atoms with E-state index in [0.29, 0.717) is 6.42 Å². The van der Waals surface area contributed by atoms with Crippen molar-refractivity contribution >= 4 is 5.91 Å². The first-order valence-electron chi connectivity index (χ1n) is 27.5. The molecule has 0 radical (unpaired) electrons. The van der Waals surface area contributed by atoms with Gasteiger partial charge in [-0.15, -0.1) is 0 Å². The van der Waals surface area contributed by atoms with Crippen LogP contribution in [0, 0.1) is 0 Å². The predicted octanol–water partition coefficient (Wildman–Crippen LogP) is 18.1. The van der Waals surface area contributed by atoms with Crippen LogP contribution in [0.4, 0.5) is 0 Å². The molecule has 0 aliphatic carbocycles. The van der Waals surface area contributed by atoms with Crippen molar-refractivity contribution in [2.45, 2.75) is 270 Å².